The maximum absolute atomic E-state index is 13.3. The first-order chi connectivity index (χ1) is 12.0. The quantitative estimate of drug-likeness (QED) is 0.771. The van der Waals surface area contributed by atoms with E-state index in [1.807, 2.05) is 25.1 Å². The fourth-order valence-corrected chi connectivity index (χ4v) is 2.47. The van der Waals surface area contributed by atoms with Gasteiger partial charge in [-0.1, -0.05) is 18.2 Å². The second-order valence-corrected chi connectivity index (χ2v) is 5.72. The van der Waals surface area contributed by atoms with Gasteiger partial charge < -0.3 is 9.84 Å². The lowest BCUT2D eigenvalue weighted by Crippen LogP contribution is -2.30. The average Bonchev–Trinajstić information content (AvgIpc) is 2.59. The van der Waals surface area contributed by atoms with Crippen LogP contribution in [0.4, 0.5) is 8.78 Å². The Balaban J connectivity index is 1.76. The third-order valence-electron chi connectivity index (χ3n) is 3.80. The van der Waals surface area contributed by atoms with Crippen LogP contribution in [0.15, 0.2) is 47.5 Å². The Labute approximate surface area is 142 Å². The Morgan fingerprint density at radius 2 is 1.96 bits per heavy atom. The number of rotatable bonds is 5. The summed E-state index contributed by atoms with van der Waals surface area (Å²) in [5.74, 6) is -1.54. The van der Waals surface area contributed by atoms with Gasteiger partial charge in [-0.05, 0) is 24.6 Å². The van der Waals surface area contributed by atoms with E-state index in [4.69, 9.17) is 4.74 Å². The van der Waals surface area contributed by atoms with Crippen LogP contribution in [0.3, 0.4) is 0 Å². The lowest BCUT2D eigenvalue weighted by molar-refractivity contribution is 0.0911. The summed E-state index contributed by atoms with van der Waals surface area (Å²) in [5, 5.41) is 10.1. The monoisotopic (exact) mass is 346 g/mol. The summed E-state index contributed by atoms with van der Waals surface area (Å²) in [6.07, 6.45) is 0.223. The number of fused-ring (bicyclic) bond motifs is 1. The Hall–Kier alpha value is -2.80. The largest absolute Gasteiger partial charge is 0.491 e. The molecule has 0 saturated carbocycles. The van der Waals surface area contributed by atoms with Crippen molar-refractivity contribution in [3.63, 3.8) is 0 Å². The van der Waals surface area contributed by atoms with Crippen molar-refractivity contribution >= 4 is 10.9 Å². The lowest BCUT2D eigenvalue weighted by atomic mass is 10.2. The average molecular weight is 346 g/mol. The number of aliphatic hydroxyl groups is 1. The van der Waals surface area contributed by atoms with Crippen molar-refractivity contribution < 1.29 is 18.6 Å². The first-order valence-electron chi connectivity index (χ1n) is 7.66. The summed E-state index contributed by atoms with van der Waals surface area (Å²) in [6.45, 7) is 1.78. The third kappa shape index (κ3) is 3.66. The Kier molecular flexibility index (Phi) is 4.76. The van der Waals surface area contributed by atoms with Crippen molar-refractivity contribution in [1.29, 1.82) is 0 Å². The van der Waals surface area contributed by atoms with Crippen molar-refractivity contribution in [1.82, 2.24) is 9.55 Å². The van der Waals surface area contributed by atoms with Crippen LogP contribution in [0.5, 0.6) is 5.75 Å². The van der Waals surface area contributed by atoms with Gasteiger partial charge in [0.05, 0.1) is 23.8 Å². The van der Waals surface area contributed by atoms with E-state index in [-0.39, 0.29) is 24.1 Å². The van der Waals surface area contributed by atoms with Crippen molar-refractivity contribution in [2.45, 2.75) is 19.6 Å². The van der Waals surface area contributed by atoms with Gasteiger partial charge >= 0.3 is 0 Å². The molecule has 130 valence electrons. The molecule has 2 aromatic carbocycles. The fourth-order valence-electron chi connectivity index (χ4n) is 2.47. The Bertz CT molecular complexity index is 972. The standard InChI is InChI=1S/C18H16F2N2O3/c1-11-4-2-3-5-17(11)25-9-12(23)8-22-10-21-16-7-15(20)14(19)6-13(16)18(22)24/h2-7,10,12,23H,8-9H2,1H3. The summed E-state index contributed by atoms with van der Waals surface area (Å²) < 4.78 is 33.2. The van der Waals surface area contributed by atoms with E-state index in [0.717, 1.165) is 22.3 Å². The summed E-state index contributed by atoms with van der Waals surface area (Å²) in [5.41, 5.74) is 0.432. The molecule has 25 heavy (non-hydrogen) atoms. The normalized spacial score (nSPS) is 12.3. The molecular weight excluding hydrogens is 330 g/mol. The Morgan fingerprint density at radius 1 is 1.24 bits per heavy atom. The van der Waals surface area contributed by atoms with Crippen LogP contribution >= 0.6 is 0 Å². The number of ether oxygens (including phenoxy) is 1. The van der Waals surface area contributed by atoms with Gasteiger partial charge in [-0.3, -0.25) is 9.36 Å². The minimum absolute atomic E-state index is 0.0207. The predicted molar refractivity (Wildman–Crippen MR) is 88.6 cm³/mol. The van der Waals surface area contributed by atoms with Crippen LogP contribution in [0.1, 0.15) is 5.56 Å². The molecule has 0 aliphatic rings. The first kappa shape index (κ1) is 17.0. The van der Waals surface area contributed by atoms with Crippen LogP contribution < -0.4 is 10.3 Å². The zero-order chi connectivity index (χ0) is 18.0. The molecular formula is C18H16F2N2O3. The van der Waals surface area contributed by atoms with Gasteiger partial charge in [-0.25, -0.2) is 13.8 Å². The molecule has 0 radical (unpaired) electrons. The van der Waals surface area contributed by atoms with E-state index in [1.165, 1.54) is 6.33 Å². The molecule has 0 bridgehead atoms. The van der Waals surface area contributed by atoms with Gasteiger partial charge in [-0.2, -0.15) is 0 Å². The van der Waals surface area contributed by atoms with E-state index in [1.54, 1.807) is 6.07 Å². The molecule has 3 aromatic rings. The second kappa shape index (κ2) is 6.98. The van der Waals surface area contributed by atoms with Crippen molar-refractivity contribution in [2.75, 3.05) is 6.61 Å². The third-order valence-corrected chi connectivity index (χ3v) is 3.80. The molecule has 0 fully saturated rings. The lowest BCUT2D eigenvalue weighted by Gasteiger charge is -2.15. The molecule has 0 aliphatic carbocycles. The summed E-state index contributed by atoms with van der Waals surface area (Å²) in [7, 11) is 0. The maximum atomic E-state index is 13.3. The van der Waals surface area contributed by atoms with Gasteiger partial charge in [0.25, 0.3) is 5.56 Å². The van der Waals surface area contributed by atoms with Gasteiger partial charge in [0.2, 0.25) is 0 Å². The highest BCUT2D eigenvalue weighted by Gasteiger charge is 2.13. The number of aliphatic hydroxyl groups excluding tert-OH is 1. The number of aromatic nitrogens is 2. The van der Waals surface area contributed by atoms with Crippen LogP contribution in [-0.4, -0.2) is 27.4 Å². The number of para-hydroxylation sites is 1. The molecule has 1 atom stereocenters. The van der Waals surface area contributed by atoms with Gasteiger partial charge in [0.1, 0.15) is 18.5 Å². The number of hydrogen-bond acceptors (Lipinski definition) is 4. The van der Waals surface area contributed by atoms with Crippen molar-refractivity contribution in [3.8, 4) is 5.75 Å². The van der Waals surface area contributed by atoms with E-state index in [9.17, 15) is 18.7 Å². The highest BCUT2D eigenvalue weighted by molar-refractivity contribution is 5.77. The molecule has 0 spiro atoms. The molecule has 3 rings (SSSR count). The molecule has 1 N–H and O–H groups in total. The number of halogens is 2. The number of aryl methyl sites for hydroxylation is 1. The SMILES string of the molecule is Cc1ccccc1OCC(O)Cn1cnc2cc(F)c(F)cc2c1=O. The maximum Gasteiger partial charge on any atom is 0.261 e. The smallest absolute Gasteiger partial charge is 0.261 e. The van der Waals surface area contributed by atoms with Gasteiger partial charge in [-0.15, -0.1) is 0 Å². The zero-order valence-electron chi connectivity index (χ0n) is 13.4. The Morgan fingerprint density at radius 3 is 2.72 bits per heavy atom. The van der Waals surface area contributed by atoms with E-state index >= 15 is 0 Å². The summed E-state index contributed by atoms with van der Waals surface area (Å²) in [4.78, 5) is 16.3. The van der Waals surface area contributed by atoms with Crippen LogP contribution in [-0.2, 0) is 6.54 Å². The van der Waals surface area contributed by atoms with E-state index < -0.39 is 23.3 Å². The summed E-state index contributed by atoms with van der Waals surface area (Å²) in [6, 6.07) is 9.04. The molecule has 1 unspecified atom stereocenters. The molecule has 5 nitrogen and oxygen atoms in total. The molecule has 0 amide bonds. The fraction of sp³-hybridized carbons (Fsp3) is 0.222. The minimum Gasteiger partial charge on any atom is -0.491 e. The number of hydrogen-bond donors (Lipinski definition) is 1. The molecule has 0 aliphatic heterocycles. The van der Waals surface area contributed by atoms with Crippen LogP contribution in [0.25, 0.3) is 10.9 Å². The number of nitrogens with zero attached hydrogens (tertiary/aromatic N) is 2. The van der Waals surface area contributed by atoms with Gasteiger partial charge in [0.15, 0.2) is 11.6 Å². The highest BCUT2D eigenvalue weighted by atomic mass is 19.2. The molecule has 7 heteroatoms. The number of benzene rings is 2. The summed E-state index contributed by atoms with van der Waals surface area (Å²) >= 11 is 0. The topological polar surface area (TPSA) is 64.3 Å². The minimum atomic E-state index is -1.12. The predicted octanol–water partition coefficient (Wildman–Crippen LogP) is 2.42. The van der Waals surface area contributed by atoms with Crippen molar-refractivity contribution in [2.24, 2.45) is 0 Å². The van der Waals surface area contributed by atoms with E-state index in [0.29, 0.717) is 5.75 Å². The van der Waals surface area contributed by atoms with Gasteiger partial charge in [0, 0.05) is 6.07 Å². The van der Waals surface area contributed by atoms with Crippen LogP contribution in [0, 0.1) is 18.6 Å². The molecule has 0 saturated heterocycles. The highest BCUT2D eigenvalue weighted by Crippen LogP contribution is 2.16. The van der Waals surface area contributed by atoms with Crippen molar-refractivity contribution in [3.05, 3.63) is 70.3 Å². The zero-order valence-corrected chi connectivity index (χ0v) is 13.4. The second-order valence-electron chi connectivity index (χ2n) is 5.72. The first-order valence-corrected chi connectivity index (χ1v) is 7.66. The molecule has 1 aromatic heterocycles. The molecule has 1 heterocycles. The van der Waals surface area contributed by atoms with E-state index in [2.05, 4.69) is 4.98 Å². The van der Waals surface area contributed by atoms with Crippen LogP contribution in [0.2, 0.25) is 0 Å².